The lowest BCUT2D eigenvalue weighted by Crippen LogP contribution is -2.12. The lowest BCUT2D eigenvalue weighted by Gasteiger charge is -2.15. The van der Waals surface area contributed by atoms with Crippen LogP contribution in [0.15, 0.2) is 41.8 Å². The number of rotatable bonds is 3. The first-order valence-electron chi connectivity index (χ1n) is 3.59. The molecule has 1 aromatic rings. The molecule has 0 atom stereocenters. The van der Waals surface area contributed by atoms with Crippen molar-refractivity contribution in [2.24, 2.45) is 5.10 Å². The molecule has 0 fully saturated rings. The lowest BCUT2D eigenvalue weighted by molar-refractivity contribution is 0.975. The van der Waals surface area contributed by atoms with Gasteiger partial charge < -0.3 is 0 Å². The van der Waals surface area contributed by atoms with Crippen molar-refractivity contribution in [3.8, 4) is 0 Å². The smallest absolute Gasteiger partial charge is 0.153 e. The van der Waals surface area contributed by atoms with Gasteiger partial charge in [-0.3, -0.25) is 0 Å². The molecule has 0 unspecified atom stereocenters. The summed E-state index contributed by atoms with van der Waals surface area (Å²) >= 11 is 0. The van der Waals surface area contributed by atoms with Crippen LogP contribution in [0.3, 0.4) is 0 Å². The maximum atomic E-state index is 4.10. The Labute approximate surface area is 72.0 Å². The first kappa shape index (κ1) is 8.46. The lowest BCUT2D eigenvalue weighted by atomic mass is 10.4. The number of aromatic nitrogens is 1. The largest absolute Gasteiger partial charge is 0.237 e. The summed E-state index contributed by atoms with van der Waals surface area (Å²) in [6.07, 6.45) is 1.70. The van der Waals surface area contributed by atoms with E-state index in [2.05, 4.69) is 23.4 Å². The Bertz CT molecular complexity index is 279. The predicted octanol–water partition coefficient (Wildman–Crippen LogP) is 2.04. The molecule has 0 N–H and O–H groups in total. The van der Waals surface area contributed by atoms with Crippen molar-refractivity contribution < 1.29 is 0 Å². The summed E-state index contributed by atoms with van der Waals surface area (Å²) in [5, 5.41) is 5.36. The van der Waals surface area contributed by atoms with E-state index in [1.807, 2.05) is 25.1 Å². The SMILES string of the molecule is C=NN(C(=C)C)c1ccccn1. The van der Waals surface area contributed by atoms with Crippen LogP contribution in [0.2, 0.25) is 0 Å². The molecule has 3 nitrogen and oxygen atoms in total. The zero-order chi connectivity index (χ0) is 8.97. The quantitative estimate of drug-likeness (QED) is 0.501. The topological polar surface area (TPSA) is 28.5 Å². The molecule has 1 heterocycles. The Morgan fingerprint density at radius 2 is 2.33 bits per heavy atom. The third-order valence-corrected chi connectivity index (χ3v) is 1.37. The Kier molecular flexibility index (Phi) is 2.58. The number of allylic oxidation sites excluding steroid dienone is 1. The highest BCUT2D eigenvalue weighted by Crippen LogP contribution is 2.13. The van der Waals surface area contributed by atoms with Crippen molar-refractivity contribution in [2.75, 3.05) is 5.01 Å². The van der Waals surface area contributed by atoms with Crippen molar-refractivity contribution in [2.45, 2.75) is 6.92 Å². The minimum absolute atomic E-state index is 0.736. The van der Waals surface area contributed by atoms with Gasteiger partial charge in [-0.2, -0.15) is 5.10 Å². The third kappa shape index (κ3) is 1.69. The van der Waals surface area contributed by atoms with Crippen molar-refractivity contribution in [3.05, 3.63) is 36.7 Å². The molecule has 0 aliphatic carbocycles. The van der Waals surface area contributed by atoms with Crippen molar-refractivity contribution in [1.29, 1.82) is 0 Å². The average Bonchev–Trinajstić information content (AvgIpc) is 2.07. The van der Waals surface area contributed by atoms with Crippen LogP contribution in [-0.2, 0) is 0 Å². The Balaban J connectivity index is 2.95. The molecule has 62 valence electrons. The van der Waals surface area contributed by atoms with Gasteiger partial charge in [0, 0.05) is 18.6 Å². The zero-order valence-corrected chi connectivity index (χ0v) is 7.07. The first-order chi connectivity index (χ1) is 5.75. The van der Waals surface area contributed by atoms with Gasteiger partial charge >= 0.3 is 0 Å². The maximum Gasteiger partial charge on any atom is 0.153 e. The molecule has 0 aliphatic heterocycles. The molecule has 1 rings (SSSR count). The number of hydrazone groups is 1. The van der Waals surface area contributed by atoms with Gasteiger partial charge in [-0.25, -0.2) is 9.99 Å². The molecule has 12 heavy (non-hydrogen) atoms. The molecule has 0 aromatic carbocycles. The van der Waals surface area contributed by atoms with Gasteiger partial charge in [0.15, 0.2) is 5.82 Å². The van der Waals surface area contributed by atoms with E-state index in [9.17, 15) is 0 Å². The van der Waals surface area contributed by atoms with E-state index in [0.717, 1.165) is 11.5 Å². The second-order valence-corrected chi connectivity index (χ2v) is 2.38. The molecular weight excluding hydrogens is 150 g/mol. The van der Waals surface area contributed by atoms with Gasteiger partial charge in [-0.1, -0.05) is 12.6 Å². The van der Waals surface area contributed by atoms with Crippen LogP contribution in [0.4, 0.5) is 5.82 Å². The fraction of sp³-hybridized carbons (Fsp3) is 0.111. The minimum Gasteiger partial charge on any atom is -0.237 e. The molecule has 0 saturated heterocycles. The predicted molar refractivity (Wildman–Crippen MR) is 51.1 cm³/mol. The Morgan fingerprint density at radius 3 is 2.75 bits per heavy atom. The summed E-state index contributed by atoms with van der Waals surface area (Å²) in [5.41, 5.74) is 0.795. The van der Waals surface area contributed by atoms with Gasteiger partial charge in [0.05, 0.1) is 0 Å². The molecule has 0 bridgehead atoms. The Hall–Kier alpha value is -1.64. The highest BCUT2D eigenvalue weighted by atomic mass is 15.5. The fourth-order valence-corrected chi connectivity index (χ4v) is 0.868. The molecule has 1 aromatic heterocycles. The van der Waals surface area contributed by atoms with E-state index in [1.54, 1.807) is 11.2 Å². The Morgan fingerprint density at radius 1 is 1.58 bits per heavy atom. The monoisotopic (exact) mass is 161 g/mol. The molecule has 3 heteroatoms. The second kappa shape index (κ2) is 3.67. The highest BCUT2D eigenvalue weighted by Gasteiger charge is 2.03. The summed E-state index contributed by atoms with van der Waals surface area (Å²) in [5.74, 6) is 0.736. The summed E-state index contributed by atoms with van der Waals surface area (Å²) in [4.78, 5) is 4.10. The van der Waals surface area contributed by atoms with E-state index in [-0.39, 0.29) is 0 Å². The summed E-state index contributed by atoms with van der Waals surface area (Å²) < 4.78 is 0. The molecule has 0 spiro atoms. The van der Waals surface area contributed by atoms with Crippen LogP contribution >= 0.6 is 0 Å². The normalized spacial score (nSPS) is 9.08. The van der Waals surface area contributed by atoms with Crippen molar-refractivity contribution in [3.63, 3.8) is 0 Å². The van der Waals surface area contributed by atoms with Gasteiger partial charge in [0.25, 0.3) is 0 Å². The van der Waals surface area contributed by atoms with Crippen LogP contribution in [-0.4, -0.2) is 11.7 Å². The zero-order valence-electron chi connectivity index (χ0n) is 7.07. The molecule has 0 amide bonds. The van der Waals surface area contributed by atoms with Crippen LogP contribution in [0, 0.1) is 0 Å². The summed E-state index contributed by atoms with van der Waals surface area (Å²) in [7, 11) is 0. The van der Waals surface area contributed by atoms with E-state index in [4.69, 9.17) is 0 Å². The summed E-state index contributed by atoms with van der Waals surface area (Å²) in [6.45, 7) is 9.04. The number of nitrogens with zero attached hydrogens (tertiary/aromatic N) is 3. The number of hydrogen-bond donors (Lipinski definition) is 0. The number of hydrogen-bond acceptors (Lipinski definition) is 3. The van der Waals surface area contributed by atoms with E-state index in [0.29, 0.717) is 0 Å². The fourth-order valence-electron chi connectivity index (χ4n) is 0.868. The standard InChI is InChI=1S/C9H11N3/c1-8(2)12(10-3)9-6-4-5-7-11-9/h4-7H,1,3H2,2H3. The highest BCUT2D eigenvalue weighted by molar-refractivity contribution is 5.45. The van der Waals surface area contributed by atoms with Crippen molar-refractivity contribution >= 4 is 12.5 Å². The number of pyridine rings is 1. The van der Waals surface area contributed by atoms with Gasteiger partial charge in [-0.15, -0.1) is 0 Å². The third-order valence-electron chi connectivity index (χ3n) is 1.37. The molecule has 0 aliphatic rings. The van der Waals surface area contributed by atoms with Crippen LogP contribution < -0.4 is 5.01 Å². The first-order valence-corrected chi connectivity index (χ1v) is 3.59. The van der Waals surface area contributed by atoms with E-state index in [1.165, 1.54) is 0 Å². The molecule has 0 saturated carbocycles. The summed E-state index contributed by atoms with van der Waals surface area (Å²) in [6, 6.07) is 5.59. The van der Waals surface area contributed by atoms with Crippen LogP contribution in [0.5, 0.6) is 0 Å². The molecule has 0 radical (unpaired) electrons. The average molecular weight is 161 g/mol. The van der Waals surface area contributed by atoms with Gasteiger partial charge in [-0.05, 0) is 19.1 Å². The molecular formula is C9H11N3. The van der Waals surface area contributed by atoms with Crippen molar-refractivity contribution in [1.82, 2.24) is 4.98 Å². The van der Waals surface area contributed by atoms with Gasteiger partial charge in [0.2, 0.25) is 0 Å². The van der Waals surface area contributed by atoms with Crippen LogP contribution in [0.25, 0.3) is 0 Å². The van der Waals surface area contributed by atoms with Crippen LogP contribution in [0.1, 0.15) is 6.92 Å². The minimum atomic E-state index is 0.736. The second-order valence-electron chi connectivity index (χ2n) is 2.38. The maximum absolute atomic E-state index is 4.10. The van der Waals surface area contributed by atoms with E-state index < -0.39 is 0 Å². The van der Waals surface area contributed by atoms with E-state index >= 15 is 0 Å². The number of anilines is 1. The van der Waals surface area contributed by atoms with Gasteiger partial charge in [0.1, 0.15) is 0 Å².